The zero-order valence-electron chi connectivity index (χ0n) is 10.3. The summed E-state index contributed by atoms with van der Waals surface area (Å²) in [4.78, 5) is 3.97. The Morgan fingerprint density at radius 2 is 2.15 bits per heavy atom. The number of rotatable bonds is 1. The van der Waals surface area contributed by atoms with Gasteiger partial charge in [-0.25, -0.2) is 9.67 Å². The zero-order valence-corrected chi connectivity index (χ0v) is 11.1. The van der Waals surface area contributed by atoms with E-state index in [0.29, 0.717) is 13.0 Å². The van der Waals surface area contributed by atoms with E-state index in [1.54, 1.807) is 0 Å². The third-order valence-corrected chi connectivity index (χ3v) is 3.46. The number of aromatic nitrogens is 3. The maximum Gasteiger partial charge on any atom is 0.417 e. The van der Waals surface area contributed by atoms with Gasteiger partial charge in [0.15, 0.2) is 11.9 Å². The Balaban J connectivity index is 2.14. The summed E-state index contributed by atoms with van der Waals surface area (Å²) in [6.07, 6.45) is -1.12. The number of nitrogens with zero attached hydrogens (tertiary/aromatic N) is 3. The molecular formula is C12H11ClF3N3O. The van der Waals surface area contributed by atoms with Crippen LogP contribution < -0.4 is 0 Å². The highest BCUT2D eigenvalue weighted by Crippen LogP contribution is 2.36. The molecular weight excluding hydrogens is 295 g/mol. The summed E-state index contributed by atoms with van der Waals surface area (Å²) in [5, 5.41) is 3.74. The first kappa shape index (κ1) is 13.6. The minimum absolute atomic E-state index is 0.0592. The molecule has 3 heterocycles. The van der Waals surface area contributed by atoms with Crippen LogP contribution in [0.1, 0.15) is 31.1 Å². The lowest BCUT2D eigenvalue weighted by Crippen LogP contribution is -2.19. The fourth-order valence-electron chi connectivity index (χ4n) is 2.35. The number of fused-ring (bicyclic) bond motifs is 1. The van der Waals surface area contributed by atoms with Gasteiger partial charge in [0.05, 0.1) is 17.1 Å². The predicted molar refractivity (Wildman–Crippen MR) is 66.4 cm³/mol. The van der Waals surface area contributed by atoms with Gasteiger partial charge in [0.25, 0.3) is 0 Å². The van der Waals surface area contributed by atoms with Crippen LogP contribution in [-0.2, 0) is 10.9 Å². The van der Waals surface area contributed by atoms with E-state index in [1.165, 1.54) is 10.9 Å². The van der Waals surface area contributed by atoms with Gasteiger partial charge in [-0.05, 0) is 25.3 Å². The molecule has 8 heteroatoms. The van der Waals surface area contributed by atoms with Crippen LogP contribution in [0.3, 0.4) is 0 Å². The molecule has 1 aliphatic heterocycles. The molecule has 1 atom stereocenters. The number of alkyl halides is 3. The molecule has 2 aromatic heterocycles. The number of ether oxygens (including phenoxy) is 1. The van der Waals surface area contributed by atoms with Gasteiger partial charge in [-0.2, -0.15) is 18.3 Å². The maximum atomic E-state index is 13.0. The summed E-state index contributed by atoms with van der Waals surface area (Å²) in [7, 11) is 0. The number of halogens is 4. The molecule has 4 nitrogen and oxygen atoms in total. The second-order valence-corrected chi connectivity index (χ2v) is 5.03. The van der Waals surface area contributed by atoms with Crippen molar-refractivity contribution in [1.82, 2.24) is 14.8 Å². The average Bonchev–Trinajstić information content (AvgIpc) is 2.81. The van der Waals surface area contributed by atoms with Crippen LogP contribution in [-0.4, -0.2) is 21.4 Å². The first-order chi connectivity index (χ1) is 9.47. The summed E-state index contributed by atoms with van der Waals surface area (Å²) in [5.74, 6) is 0. The van der Waals surface area contributed by atoms with Gasteiger partial charge in [-0.3, -0.25) is 0 Å². The fourth-order valence-corrected chi connectivity index (χ4v) is 2.54. The minimum Gasteiger partial charge on any atom is -0.356 e. The van der Waals surface area contributed by atoms with Crippen LogP contribution in [0, 0.1) is 0 Å². The molecule has 108 valence electrons. The summed E-state index contributed by atoms with van der Waals surface area (Å²) < 4.78 is 45.9. The van der Waals surface area contributed by atoms with E-state index >= 15 is 0 Å². The summed E-state index contributed by atoms with van der Waals surface area (Å²) in [6, 6.07) is 0.817. The molecule has 0 aromatic carbocycles. The van der Waals surface area contributed by atoms with Crippen molar-refractivity contribution >= 4 is 22.6 Å². The van der Waals surface area contributed by atoms with Crippen LogP contribution in [0.25, 0.3) is 11.0 Å². The summed E-state index contributed by atoms with van der Waals surface area (Å²) in [6.45, 7) is 0.568. The van der Waals surface area contributed by atoms with Crippen molar-refractivity contribution in [1.29, 1.82) is 0 Å². The van der Waals surface area contributed by atoms with Gasteiger partial charge in [-0.1, -0.05) is 11.6 Å². The van der Waals surface area contributed by atoms with Crippen molar-refractivity contribution in [2.75, 3.05) is 6.61 Å². The Kier molecular flexibility index (Phi) is 3.33. The molecule has 0 saturated carbocycles. The highest BCUT2D eigenvalue weighted by Gasteiger charge is 2.35. The van der Waals surface area contributed by atoms with Crippen LogP contribution in [0.5, 0.6) is 0 Å². The average molecular weight is 306 g/mol. The molecule has 20 heavy (non-hydrogen) atoms. The van der Waals surface area contributed by atoms with Gasteiger partial charge >= 0.3 is 6.18 Å². The quantitative estimate of drug-likeness (QED) is 0.752. The molecule has 1 aliphatic rings. The molecule has 1 unspecified atom stereocenters. The van der Waals surface area contributed by atoms with E-state index in [9.17, 15) is 13.2 Å². The molecule has 0 bridgehead atoms. The Morgan fingerprint density at radius 1 is 1.35 bits per heavy atom. The van der Waals surface area contributed by atoms with Crippen molar-refractivity contribution in [3.63, 3.8) is 0 Å². The SMILES string of the molecule is FC(F)(F)c1cc(Cl)nc2c1cnn2C1CCCCO1. The molecule has 0 amide bonds. The van der Waals surface area contributed by atoms with Crippen LogP contribution >= 0.6 is 11.6 Å². The first-order valence-corrected chi connectivity index (χ1v) is 6.57. The van der Waals surface area contributed by atoms with E-state index in [0.717, 1.165) is 18.9 Å². The Hall–Kier alpha value is -1.34. The predicted octanol–water partition coefficient (Wildman–Crippen LogP) is 3.80. The molecule has 2 aromatic rings. The van der Waals surface area contributed by atoms with Crippen LogP contribution in [0.2, 0.25) is 5.15 Å². The highest BCUT2D eigenvalue weighted by molar-refractivity contribution is 6.29. The van der Waals surface area contributed by atoms with Crippen molar-refractivity contribution in [3.05, 3.63) is 23.0 Å². The molecule has 0 N–H and O–H groups in total. The molecule has 1 fully saturated rings. The van der Waals surface area contributed by atoms with Gasteiger partial charge < -0.3 is 4.74 Å². The van der Waals surface area contributed by atoms with E-state index in [1.807, 2.05) is 0 Å². The molecule has 0 spiro atoms. The topological polar surface area (TPSA) is 39.9 Å². The monoisotopic (exact) mass is 305 g/mol. The zero-order chi connectivity index (χ0) is 14.3. The summed E-state index contributed by atoms with van der Waals surface area (Å²) >= 11 is 5.70. The second-order valence-electron chi connectivity index (χ2n) is 4.64. The van der Waals surface area contributed by atoms with Crippen molar-refractivity contribution in [2.24, 2.45) is 0 Å². The van der Waals surface area contributed by atoms with Crippen molar-refractivity contribution < 1.29 is 17.9 Å². The lowest BCUT2D eigenvalue weighted by Gasteiger charge is -2.23. The first-order valence-electron chi connectivity index (χ1n) is 6.19. The lowest BCUT2D eigenvalue weighted by atomic mass is 10.1. The number of hydrogen-bond donors (Lipinski definition) is 0. The Morgan fingerprint density at radius 3 is 2.80 bits per heavy atom. The highest BCUT2D eigenvalue weighted by atomic mass is 35.5. The lowest BCUT2D eigenvalue weighted by molar-refractivity contribution is -0.136. The van der Waals surface area contributed by atoms with Crippen LogP contribution in [0.4, 0.5) is 13.2 Å². The largest absolute Gasteiger partial charge is 0.417 e. The maximum absolute atomic E-state index is 13.0. The van der Waals surface area contributed by atoms with E-state index in [2.05, 4.69) is 10.1 Å². The van der Waals surface area contributed by atoms with Gasteiger partial charge in [0.1, 0.15) is 5.15 Å². The number of pyridine rings is 1. The number of hydrogen-bond acceptors (Lipinski definition) is 3. The van der Waals surface area contributed by atoms with Gasteiger partial charge in [0, 0.05) is 6.61 Å². The third kappa shape index (κ3) is 2.35. The second kappa shape index (κ2) is 4.89. The Bertz CT molecular complexity index is 635. The fraction of sp³-hybridized carbons (Fsp3) is 0.500. The normalized spacial score (nSPS) is 20.5. The molecule has 1 saturated heterocycles. The van der Waals surface area contributed by atoms with Crippen LogP contribution in [0.15, 0.2) is 12.3 Å². The van der Waals surface area contributed by atoms with Crippen molar-refractivity contribution in [3.8, 4) is 0 Å². The van der Waals surface area contributed by atoms with E-state index in [4.69, 9.17) is 16.3 Å². The standard InChI is InChI=1S/C12H11ClF3N3O/c13-9-5-8(12(14,15)16)7-6-17-19(11(7)18-9)10-3-1-2-4-20-10/h5-6,10H,1-4H2. The summed E-state index contributed by atoms with van der Waals surface area (Å²) in [5.41, 5.74) is -0.716. The van der Waals surface area contributed by atoms with Gasteiger partial charge in [-0.15, -0.1) is 0 Å². The molecule has 3 rings (SSSR count). The van der Waals surface area contributed by atoms with Crippen molar-refractivity contribution in [2.45, 2.75) is 31.7 Å². The molecule has 0 radical (unpaired) electrons. The minimum atomic E-state index is -4.49. The van der Waals surface area contributed by atoms with E-state index in [-0.39, 0.29) is 22.4 Å². The smallest absolute Gasteiger partial charge is 0.356 e. The third-order valence-electron chi connectivity index (χ3n) is 3.27. The Labute approximate surface area is 117 Å². The molecule has 0 aliphatic carbocycles. The van der Waals surface area contributed by atoms with Gasteiger partial charge in [0.2, 0.25) is 0 Å². The van der Waals surface area contributed by atoms with E-state index < -0.39 is 11.7 Å².